The van der Waals surface area contributed by atoms with Crippen LogP contribution in [0.3, 0.4) is 0 Å². The smallest absolute Gasteiger partial charge is 0.197 e. The van der Waals surface area contributed by atoms with Gasteiger partial charge in [-0.2, -0.15) is 11.3 Å². The van der Waals surface area contributed by atoms with Crippen molar-refractivity contribution in [2.75, 3.05) is 5.73 Å². The first-order chi connectivity index (χ1) is 11.7. The number of rotatable bonds is 4. The van der Waals surface area contributed by atoms with Crippen molar-refractivity contribution < 1.29 is 4.79 Å². The fourth-order valence-corrected chi connectivity index (χ4v) is 5.45. The third-order valence-electron chi connectivity index (χ3n) is 4.77. The summed E-state index contributed by atoms with van der Waals surface area (Å²) in [6.07, 6.45) is 4.23. The average Bonchev–Trinajstić information content (AvgIpc) is 3.22. The molecule has 0 amide bonds. The van der Waals surface area contributed by atoms with Crippen LogP contribution in [-0.2, 0) is 19.3 Å². The lowest BCUT2D eigenvalue weighted by Crippen LogP contribution is -2.17. The summed E-state index contributed by atoms with van der Waals surface area (Å²) in [5.41, 5.74) is 10.4. The van der Waals surface area contributed by atoms with E-state index in [0.717, 1.165) is 36.8 Å². The minimum atomic E-state index is 0.0905. The normalized spacial score (nSPS) is 16.8. The van der Waals surface area contributed by atoms with Crippen LogP contribution >= 0.6 is 22.7 Å². The molecular weight excluding hydrogens is 334 g/mol. The Labute approximate surface area is 150 Å². The molecule has 1 aliphatic rings. The Kier molecular flexibility index (Phi) is 4.25. The summed E-state index contributed by atoms with van der Waals surface area (Å²) in [6.45, 7) is 0. The number of nitrogens with two attached hydrogens (primary N) is 1. The lowest BCUT2D eigenvalue weighted by molar-refractivity contribution is 0.103. The molecule has 2 heterocycles. The van der Waals surface area contributed by atoms with Crippen molar-refractivity contribution in [1.82, 2.24) is 0 Å². The molecule has 1 atom stereocenters. The van der Waals surface area contributed by atoms with Gasteiger partial charge in [-0.25, -0.2) is 0 Å². The van der Waals surface area contributed by atoms with Crippen molar-refractivity contribution in [2.45, 2.75) is 25.7 Å². The fraction of sp³-hybridized carbons (Fsp3) is 0.250. The Bertz CT molecular complexity index is 849. The molecule has 0 saturated heterocycles. The highest BCUT2D eigenvalue weighted by molar-refractivity contribution is 7.16. The Hall–Kier alpha value is -1.91. The second-order valence-corrected chi connectivity index (χ2v) is 8.30. The summed E-state index contributed by atoms with van der Waals surface area (Å²) in [5.74, 6) is 0.731. The van der Waals surface area contributed by atoms with Gasteiger partial charge in [0.05, 0.1) is 10.6 Å². The van der Waals surface area contributed by atoms with Gasteiger partial charge in [0.2, 0.25) is 0 Å². The van der Waals surface area contributed by atoms with E-state index >= 15 is 0 Å². The van der Waals surface area contributed by atoms with Crippen molar-refractivity contribution in [2.24, 2.45) is 5.92 Å². The van der Waals surface area contributed by atoms with Gasteiger partial charge in [-0.05, 0) is 54.2 Å². The minimum Gasteiger partial charge on any atom is -0.390 e. The van der Waals surface area contributed by atoms with Crippen molar-refractivity contribution in [3.63, 3.8) is 0 Å². The van der Waals surface area contributed by atoms with Crippen molar-refractivity contribution >= 4 is 33.5 Å². The Morgan fingerprint density at radius 3 is 2.79 bits per heavy atom. The fourth-order valence-electron chi connectivity index (χ4n) is 3.58. The maximum absolute atomic E-state index is 12.8. The van der Waals surface area contributed by atoms with Gasteiger partial charge in [0.1, 0.15) is 0 Å². The van der Waals surface area contributed by atoms with E-state index in [9.17, 15) is 4.79 Å². The van der Waals surface area contributed by atoms with E-state index in [1.165, 1.54) is 16.0 Å². The number of fused-ring (bicyclic) bond motifs is 1. The summed E-state index contributed by atoms with van der Waals surface area (Å²) >= 11 is 3.17. The van der Waals surface area contributed by atoms with E-state index in [4.69, 9.17) is 5.73 Å². The molecule has 2 N–H and O–H groups in total. The number of thiophene rings is 2. The number of ketones is 1. The van der Waals surface area contributed by atoms with Crippen LogP contribution in [0.2, 0.25) is 0 Å². The van der Waals surface area contributed by atoms with Crippen LogP contribution in [0, 0.1) is 5.92 Å². The third-order valence-corrected chi connectivity index (χ3v) is 6.54. The zero-order valence-corrected chi connectivity index (χ0v) is 15.0. The molecule has 0 saturated carbocycles. The predicted molar refractivity (Wildman–Crippen MR) is 102 cm³/mol. The summed E-state index contributed by atoms with van der Waals surface area (Å²) in [6, 6.07) is 12.5. The van der Waals surface area contributed by atoms with E-state index in [1.54, 1.807) is 22.7 Å². The average molecular weight is 354 g/mol. The molecule has 0 aliphatic heterocycles. The Balaban J connectivity index is 1.58. The van der Waals surface area contributed by atoms with E-state index < -0.39 is 0 Å². The maximum Gasteiger partial charge on any atom is 0.197 e. The number of benzene rings is 1. The largest absolute Gasteiger partial charge is 0.390 e. The van der Waals surface area contributed by atoms with Crippen LogP contribution in [0.4, 0.5) is 5.00 Å². The summed E-state index contributed by atoms with van der Waals surface area (Å²) in [5, 5.41) is 4.54. The number of anilines is 1. The van der Waals surface area contributed by atoms with E-state index in [2.05, 4.69) is 30.3 Å². The highest BCUT2D eigenvalue weighted by Crippen LogP contribution is 2.40. The molecule has 3 aromatic rings. The number of hydrogen-bond acceptors (Lipinski definition) is 4. The zero-order valence-electron chi connectivity index (χ0n) is 13.3. The Morgan fingerprint density at radius 1 is 1.21 bits per heavy atom. The minimum absolute atomic E-state index is 0.0905. The van der Waals surface area contributed by atoms with Gasteiger partial charge < -0.3 is 5.73 Å². The molecule has 4 rings (SSSR count). The molecule has 1 unspecified atom stereocenters. The first-order valence-corrected chi connectivity index (χ1v) is 9.99. The van der Waals surface area contributed by atoms with E-state index in [1.807, 2.05) is 16.8 Å². The first kappa shape index (κ1) is 15.6. The molecule has 24 heavy (non-hydrogen) atoms. The summed E-state index contributed by atoms with van der Waals surface area (Å²) in [4.78, 5) is 14.1. The topological polar surface area (TPSA) is 43.1 Å². The first-order valence-electron chi connectivity index (χ1n) is 8.23. The van der Waals surface area contributed by atoms with Gasteiger partial charge in [0.15, 0.2) is 5.78 Å². The standard InChI is InChI=1S/C20H19NOS2/c21-20-18(19(22)15-8-9-23-12-15)16-7-6-14(11-17(16)24-20)10-13-4-2-1-3-5-13/h1-5,8-9,12,14H,6-7,10-11,21H2. The van der Waals surface area contributed by atoms with Crippen LogP contribution in [0.5, 0.6) is 0 Å². The third kappa shape index (κ3) is 2.92. The van der Waals surface area contributed by atoms with Crippen LogP contribution in [0.1, 0.15) is 38.3 Å². The molecule has 4 heteroatoms. The maximum atomic E-state index is 12.8. The lowest BCUT2D eigenvalue weighted by Gasteiger charge is -2.22. The van der Waals surface area contributed by atoms with Crippen LogP contribution in [0.25, 0.3) is 0 Å². The molecule has 1 aromatic carbocycles. The van der Waals surface area contributed by atoms with E-state index in [-0.39, 0.29) is 5.78 Å². The lowest BCUT2D eigenvalue weighted by atomic mass is 9.82. The van der Waals surface area contributed by atoms with Crippen molar-refractivity contribution in [1.29, 1.82) is 0 Å². The summed E-state index contributed by atoms with van der Waals surface area (Å²) in [7, 11) is 0. The van der Waals surface area contributed by atoms with Crippen LogP contribution in [0.15, 0.2) is 47.2 Å². The SMILES string of the molecule is Nc1sc2c(c1C(=O)c1ccsc1)CCC(Cc1ccccc1)C2. The molecular formula is C20H19NOS2. The monoisotopic (exact) mass is 353 g/mol. The van der Waals surface area contributed by atoms with Crippen molar-refractivity contribution in [3.8, 4) is 0 Å². The van der Waals surface area contributed by atoms with Gasteiger partial charge in [0, 0.05) is 15.8 Å². The number of carbonyl (C=O) groups is 1. The van der Waals surface area contributed by atoms with Gasteiger partial charge in [0.25, 0.3) is 0 Å². The van der Waals surface area contributed by atoms with E-state index in [0.29, 0.717) is 10.9 Å². The molecule has 1 aliphatic carbocycles. The molecule has 0 fully saturated rings. The Morgan fingerprint density at radius 2 is 2.04 bits per heavy atom. The molecule has 0 spiro atoms. The molecule has 0 bridgehead atoms. The molecule has 122 valence electrons. The molecule has 2 nitrogen and oxygen atoms in total. The van der Waals surface area contributed by atoms with Crippen molar-refractivity contribution in [3.05, 3.63) is 74.3 Å². The van der Waals surface area contributed by atoms with Gasteiger partial charge >= 0.3 is 0 Å². The van der Waals surface area contributed by atoms with Gasteiger partial charge in [-0.15, -0.1) is 11.3 Å². The second-order valence-electron chi connectivity index (χ2n) is 6.38. The molecule has 2 aromatic heterocycles. The zero-order chi connectivity index (χ0) is 16.5. The highest BCUT2D eigenvalue weighted by atomic mass is 32.1. The highest BCUT2D eigenvalue weighted by Gasteiger charge is 2.28. The molecule has 0 radical (unpaired) electrons. The van der Waals surface area contributed by atoms with Crippen LogP contribution < -0.4 is 5.73 Å². The van der Waals surface area contributed by atoms with Crippen LogP contribution in [-0.4, -0.2) is 5.78 Å². The van der Waals surface area contributed by atoms with Gasteiger partial charge in [-0.1, -0.05) is 30.3 Å². The predicted octanol–water partition coefficient (Wildman–Crippen LogP) is 4.97. The number of hydrogen-bond donors (Lipinski definition) is 1. The second kappa shape index (κ2) is 6.54. The number of carbonyl (C=O) groups excluding carboxylic acids is 1. The summed E-state index contributed by atoms with van der Waals surface area (Å²) < 4.78 is 0. The number of nitrogen functional groups attached to an aromatic ring is 1. The quantitative estimate of drug-likeness (QED) is 0.673. The van der Waals surface area contributed by atoms with Gasteiger partial charge in [-0.3, -0.25) is 4.79 Å².